The van der Waals surface area contributed by atoms with Gasteiger partial charge in [0.05, 0.1) is 11.0 Å². The van der Waals surface area contributed by atoms with Crippen LogP contribution in [0.5, 0.6) is 0 Å². The maximum atomic E-state index is 13.0. The van der Waals surface area contributed by atoms with Gasteiger partial charge in [-0.1, -0.05) is 32.4 Å². The molecule has 3 rings (SSSR count). The number of carbonyl (C=O) groups is 1. The van der Waals surface area contributed by atoms with E-state index in [9.17, 15) is 9.90 Å². The van der Waals surface area contributed by atoms with Crippen molar-refractivity contribution in [3.63, 3.8) is 0 Å². The molecule has 0 unspecified atom stereocenters. The molecule has 1 spiro atoms. The summed E-state index contributed by atoms with van der Waals surface area (Å²) >= 11 is 0. The molecule has 1 aromatic rings. The SMILES string of the molecule is CCCc1ccc(N2CC[C@]3(CC[C@@](O)(CC)CC3)C2=O)cc1. The molecule has 126 valence electrons. The quantitative estimate of drug-likeness (QED) is 0.909. The van der Waals surface area contributed by atoms with E-state index in [4.69, 9.17) is 0 Å². The summed E-state index contributed by atoms with van der Waals surface area (Å²) in [6, 6.07) is 8.47. The second kappa shape index (κ2) is 6.27. The summed E-state index contributed by atoms with van der Waals surface area (Å²) in [5.41, 5.74) is 1.61. The Morgan fingerprint density at radius 3 is 2.26 bits per heavy atom. The summed E-state index contributed by atoms with van der Waals surface area (Å²) < 4.78 is 0. The molecular formula is C20H29NO2. The van der Waals surface area contributed by atoms with Crippen molar-refractivity contribution >= 4 is 11.6 Å². The highest BCUT2D eigenvalue weighted by atomic mass is 16.3. The summed E-state index contributed by atoms with van der Waals surface area (Å²) in [6.45, 7) is 5.04. The molecule has 2 fully saturated rings. The van der Waals surface area contributed by atoms with Gasteiger partial charge in [0.25, 0.3) is 0 Å². The normalized spacial score (nSPS) is 31.1. The molecular weight excluding hydrogens is 286 g/mol. The lowest BCUT2D eigenvalue weighted by atomic mass is 9.67. The Kier molecular flexibility index (Phi) is 4.50. The smallest absolute Gasteiger partial charge is 0.233 e. The fraction of sp³-hybridized carbons (Fsp3) is 0.650. The third kappa shape index (κ3) is 3.03. The van der Waals surface area contributed by atoms with Gasteiger partial charge in [-0.05, 0) is 62.6 Å². The largest absolute Gasteiger partial charge is 0.390 e. The molecule has 0 atom stereocenters. The van der Waals surface area contributed by atoms with Crippen molar-refractivity contribution in [1.82, 2.24) is 0 Å². The van der Waals surface area contributed by atoms with Gasteiger partial charge in [0.1, 0.15) is 0 Å². The third-order valence-corrected chi connectivity index (χ3v) is 6.10. The highest BCUT2D eigenvalue weighted by Gasteiger charge is 2.51. The maximum Gasteiger partial charge on any atom is 0.233 e. The number of rotatable bonds is 4. The minimum atomic E-state index is -0.541. The Balaban J connectivity index is 1.72. The predicted octanol–water partition coefficient (Wildman–Crippen LogP) is 4.08. The molecule has 1 heterocycles. The number of hydrogen-bond donors (Lipinski definition) is 1. The molecule has 23 heavy (non-hydrogen) atoms. The zero-order valence-corrected chi connectivity index (χ0v) is 14.5. The monoisotopic (exact) mass is 315 g/mol. The van der Waals surface area contributed by atoms with Crippen LogP contribution in [0.1, 0.15) is 64.4 Å². The molecule has 1 aromatic carbocycles. The van der Waals surface area contributed by atoms with Gasteiger partial charge in [0.15, 0.2) is 0 Å². The van der Waals surface area contributed by atoms with Gasteiger partial charge >= 0.3 is 0 Å². The van der Waals surface area contributed by atoms with Crippen molar-refractivity contribution in [2.45, 2.75) is 70.8 Å². The van der Waals surface area contributed by atoms with Gasteiger partial charge < -0.3 is 10.0 Å². The van der Waals surface area contributed by atoms with Crippen LogP contribution in [0.3, 0.4) is 0 Å². The number of benzene rings is 1. The van der Waals surface area contributed by atoms with Crippen LogP contribution in [0, 0.1) is 5.41 Å². The Hall–Kier alpha value is -1.35. The van der Waals surface area contributed by atoms with Crippen LogP contribution in [0.2, 0.25) is 0 Å². The number of aliphatic hydroxyl groups is 1. The summed E-state index contributed by atoms with van der Waals surface area (Å²) in [5.74, 6) is 0.277. The van der Waals surface area contributed by atoms with Crippen molar-refractivity contribution in [3.05, 3.63) is 29.8 Å². The van der Waals surface area contributed by atoms with E-state index < -0.39 is 5.60 Å². The number of amides is 1. The summed E-state index contributed by atoms with van der Waals surface area (Å²) in [5, 5.41) is 10.4. The summed E-state index contributed by atoms with van der Waals surface area (Å²) in [6.07, 6.45) is 7.15. The van der Waals surface area contributed by atoms with E-state index in [1.54, 1.807) is 0 Å². The van der Waals surface area contributed by atoms with E-state index in [-0.39, 0.29) is 11.3 Å². The Labute approximate surface area is 139 Å². The van der Waals surface area contributed by atoms with Crippen LogP contribution < -0.4 is 4.90 Å². The van der Waals surface area contributed by atoms with E-state index in [1.807, 2.05) is 11.8 Å². The van der Waals surface area contributed by atoms with Crippen LogP contribution >= 0.6 is 0 Å². The lowest BCUT2D eigenvalue weighted by Crippen LogP contribution is -2.43. The van der Waals surface area contributed by atoms with Crippen LogP contribution in [0.25, 0.3) is 0 Å². The second-order valence-electron chi connectivity index (χ2n) is 7.48. The first-order valence-electron chi connectivity index (χ1n) is 9.15. The van der Waals surface area contributed by atoms with Crippen LogP contribution in [-0.4, -0.2) is 23.2 Å². The van der Waals surface area contributed by atoms with Gasteiger partial charge in [0.2, 0.25) is 5.91 Å². The van der Waals surface area contributed by atoms with E-state index in [2.05, 4.69) is 31.2 Å². The average Bonchev–Trinajstić information content (AvgIpc) is 2.89. The standard InChI is InChI=1S/C20H29NO2/c1-3-5-16-6-8-17(9-7-16)21-15-14-19(18(21)22)10-12-20(23,4-2)13-11-19/h6-9,23H,3-5,10-15H2,1-2H3/t19-,20+. The molecule has 1 saturated heterocycles. The fourth-order valence-electron chi connectivity index (χ4n) is 4.21. The van der Waals surface area contributed by atoms with E-state index in [0.29, 0.717) is 0 Å². The van der Waals surface area contributed by atoms with Crippen molar-refractivity contribution in [2.24, 2.45) is 5.41 Å². The van der Waals surface area contributed by atoms with E-state index in [0.717, 1.165) is 63.6 Å². The minimum absolute atomic E-state index is 0.219. The topological polar surface area (TPSA) is 40.5 Å². The van der Waals surface area contributed by atoms with E-state index in [1.165, 1.54) is 5.56 Å². The molecule has 2 aliphatic rings. The van der Waals surface area contributed by atoms with Crippen LogP contribution in [-0.2, 0) is 11.2 Å². The molecule has 3 nitrogen and oxygen atoms in total. The molecule has 1 saturated carbocycles. The highest BCUT2D eigenvalue weighted by Crippen LogP contribution is 2.49. The third-order valence-electron chi connectivity index (χ3n) is 6.10. The average molecular weight is 315 g/mol. The molecule has 0 bridgehead atoms. The molecule has 1 aliphatic carbocycles. The molecule has 0 aromatic heterocycles. The Bertz CT molecular complexity index is 556. The van der Waals surface area contributed by atoms with Crippen molar-refractivity contribution in [2.75, 3.05) is 11.4 Å². The number of anilines is 1. The zero-order chi connectivity index (χ0) is 16.5. The van der Waals surface area contributed by atoms with Crippen LogP contribution in [0.15, 0.2) is 24.3 Å². The maximum absolute atomic E-state index is 13.0. The van der Waals surface area contributed by atoms with Gasteiger partial charge in [-0.25, -0.2) is 0 Å². The molecule has 3 heteroatoms. The minimum Gasteiger partial charge on any atom is -0.390 e. The highest BCUT2D eigenvalue weighted by molar-refractivity contribution is 6.00. The van der Waals surface area contributed by atoms with Gasteiger partial charge in [0, 0.05) is 12.2 Å². The second-order valence-corrected chi connectivity index (χ2v) is 7.48. The molecule has 0 radical (unpaired) electrons. The Morgan fingerprint density at radius 2 is 1.70 bits per heavy atom. The van der Waals surface area contributed by atoms with Crippen molar-refractivity contribution in [3.8, 4) is 0 Å². The molecule has 1 amide bonds. The Morgan fingerprint density at radius 1 is 1.04 bits per heavy atom. The first-order chi connectivity index (χ1) is 11.0. The zero-order valence-electron chi connectivity index (χ0n) is 14.5. The number of aryl methyl sites for hydroxylation is 1. The van der Waals surface area contributed by atoms with Crippen molar-refractivity contribution < 1.29 is 9.90 Å². The van der Waals surface area contributed by atoms with Crippen molar-refractivity contribution in [1.29, 1.82) is 0 Å². The van der Waals surface area contributed by atoms with Gasteiger partial charge in [-0.3, -0.25) is 4.79 Å². The first-order valence-corrected chi connectivity index (χ1v) is 9.15. The van der Waals surface area contributed by atoms with Gasteiger partial charge in [-0.15, -0.1) is 0 Å². The lowest BCUT2D eigenvalue weighted by Gasteiger charge is -2.40. The van der Waals surface area contributed by atoms with Crippen LogP contribution in [0.4, 0.5) is 5.69 Å². The molecule has 1 aliphatic heterocycles. The summed E-state index contributed by atoms with van der Waals surface area (Å²) in [4.78, 5) is 15.0. The lowest BCUT2D eigenvalue weighted by molar-refractivity contribution is -0.130. The number of nitrogens with zero attached hydrogens (tertiary/aromatic N) is 1. The first kappa shape index (κ1) is 16.5. The summed E-state index contributed by atoms with van der Waals surface area (Å²) in [7, 11) is 0. The molecule has 1 N–H and O–H groups in total. The number of carbonyl (C=O) groups excluding carboxylic acids is 1. The van der Waals surface area contributed by atoms with Gasteiger partial charge in [-0.2, -0.15) is 0 Å². The predicted molar refractivity (Wildman–Crippen MR) is 93.5 cm³/mol. The fourth-order valence-corrected chi connectivity index (χ4v) is 4.21. The van der Waals surface area contributed by atoms with E-state index >= 15 is 0 Å². The number of hydrogen-bond acceptors (Lipinski definition) is 2.